The molecule has 0 spiro atoms. The van der Waals surface area contributed by atoms with Crippen LogP contribution in [0, 0.1) is 0 Å². The number of carbonyl (C=O) groups excluding carboxylic acids is 3. The monoisotopic (exact) mass is 218 g/mol. The van der Waals surface area contributed by atoms with E-state index in [-0.39, 0.29) is 0 Å². The molecule has 2 unspecified atom stereocenters. The van der Waals surface area contributed by atoms with E-state index in [0.717, 1.165) is 6.92 Å². The maximum atomic E-state index is 11.3. The summed E-state index contributed by atoms with van der Waals surface area (Å²) in [7, 11) is 0. The van der Waals surface area contributed by atoms with E-state index in [4.69, 9.17) is 10.2 Å². The number of aliphatic hydroxyl groups is 2. The second-order valence-electron chi connectivity index (χ2n) is 3.04. The Balaban J connectivity index is 2.99. The Labute approximate surface area is 84.6 Å². The van der Waals surface area contributed by atoms with Crippen molar-refractivity contribution >= 4 is 17.7 Å². The van der Waals surface area contributed by atoms with Gasteiger partial charge in [-0.3, -0.25) is 4.79 Å². The van der Waals surface area contributed by atoms with Crippen LogP contribution < -0.4 is 0 Å². The van der Waals surface area contributed by atoms with E-state index in [9.17, 15) is 14.4 Å². The van der Waals surface area contributed by atoms with Crippen molar-refractivity contribution in [3.8, 4) is 0 Å². The quantitative estimate of drug-likeness (QED) is 0.407. The number of aliphatic hydroxyl groups excluding tert-OH is 2. The highest BCUT2D eigenvalue weighted by Gasteiger charge is 2.54. The number of ether oxygens (including phenoxy) is 2. The van der Waals surface area contributed by atoms with Crippen LogP contribution >= 0.6 is 0 Å². The predicted octanol–water partition coefficient (Wildman–Crippen LogP) is -2.23. The fraction of sp³-hybridized carbons (Fsp3) is 0.625. The first-order valence-corrected chi connectivity index (χ1v) is 4.14. The Morgan fingerprint density at radius 2 is 2.07 bits per heavy atom. The Hall–Kier alpha value is -1.47. The van der Waals surface area contributed by atoms with E-state index in [1.165, 1.54) is 0 Å². The summed E-state index contributed by atoms with van der Waals surface area (Å²) in [5.41, 5.74) is -2.28. The van der Waals surface area contributed by atoms with Gasteiger partial charge in [-0.1, -0.05) is 0 Å². The molecule has 84 valence electrons. The molecule has 2 atom stereocenters. The molecule has 7 heteroatoms. The van der Waals surface area contributed by atoms with Gasteiger partial charge in [0.15, 0.2) is 5.78 Å². The first kappa shape index (κ1) is 11.6. The van der Waals surface area contributed by atoms with Gasteiger partial charge in [0.25, 0.3) is 5.60 Å². The maximum Gasteiger partial charge on any atom is 0.361 e. The van der Waals surface area contributed by atoms with Crippen molar-refractivity contribution in [2.75, 3.05) is 13.2 Å². The lowest BCUT2D eigenvalue weighted by atomic mass is 9.99. The zero-order valence-corrected chi connectivity index (χ0v) is 7.93. The van der Waals surface area contributed by atoms with E-state index < -0.39 is 42.6 Å². The first-order chi connectivity index (χ1) is 6.97. The average Bonchev–Trinajstić information content (AvgIpc) is 2.20. The average molecular weight is 218 g/mol. The van der Waals surface area contributed by atoms with Crippen molar-refractivity contribution in [1.82, 2.24) is 0 Å². The van der Waals surface area contributed by atoms with Crippen molar-refractivity contribution in [2.24, 2.45) is 0 Å². The molecule has 1 rings (SSSR count). The van der Waals surface area contributed by atoms with Crippen molar-refractivity contribution in [3.05, 3.63) is 0 Å². The highest BCUT2D eigenvalue weighted by Crippen LogP contribution is 2.22. The molecule has 1 heterocycles. The minimum atomic E-state index is -2.28. The van der Waals surface area contributed by atoms with E-state index in [1.807, 2.05) is 0 Å². The Morgan fingerprint density at radius 1 is 1.47 bits per heavy atom. The number of esters is 2. The molecular weight excluding hydrogens is 208 g/mol. The summed E-state index contributed by atoms with van der Waals surface area (Å²) >= 11 is 0. The molecule has 1 saturated heterocycles. The van der Waals surface area contributed by atoms with Crippen molar-refractivity contribution in [2.45, 2.75) is 18.6 Å². The van der Waals surface area contributed by atoms with Crippen LogP contribution in [0.5, 0.6) is 0 Å². The summed E-state index contributed by atoms with van der Waals surface area (Å²) in [6.07, 6.45) is -1.43. The van der Waals surface area contributed by atoms with Gasteiger partial charge in [0.2, 0.25) is 6.10 Å². The lowest BCUT2D eigenvalue weighted by molar-refractivity contribution is -0.216. The molecule has 0 saturated carbocycles. The zero-order chi connectivity index (χ0) is 11.6. The molecule has 0 aromatic heterocycles. The third-order valence-corrected chi connectivity index (χ3v) is 2.07. The van der Waals surface area contributed by atoms with Gasteiger partial charge >= 0.3 is 11.9 Å². The summed E-state index contributed by atoms with van der Waals surface area (Å²) in [6.45, 7) is -0.723. The Morgan fingerprint density at radius 3 is 2.47 bits per heavy atom. The molecule has 1 fully saturated rings. The molecule has 7 nitrogen and oxygen atoms in total. The van der Waals surface area contributed by atoms with Crippen molar-refractivity contribution in [3.63, 3.8) is 0 Å². The highest BCUT2D eigenvalue weighted by atomic mass is 16.7. The summed E-state index contributed by atoms with van der Waals surface area (Å²) in [6, 6.07) is 0. The fourth-order valence-electron chi connectivity index (χ4n) is 1.09. The van der Waals surface area contributed by atoms with Gasteiger partial charge in [0.1, 0.15) is 6.61 Å². The summed E-state index contributed by atoms with van der Waals surface area (Å²) in [5, 5.41) is 17.5. The largest absolute Gasteiger partial charge is 0.444 e. The number of hydrogen-bond donors (Lipinski definition) is 2. The molecule has 15 heavy (non-hydrogen) atoms. The molecule has 1 aliphatic rings. The van der Waals surface area contributed by atoms with Crippen LogP contribution in [0.4, 0.5) is 0 Å². The smallest absolute Gasteiger partial charge is 0.361 e. The number of carbonyl (C=O) groups is 3. The van der Waals surface area contributed by atoms with Crippen LogP contribution in [0.1, 0.15) is 6.92 Å². The van der Waals surface area contributed by atoms with E-state index in [2.05, 4.69) is 9.47 Å². The molecular formula is C8H10O7. The number of cyclic esters (lactones) is 2. The Bertz CT molecular complexity index is 310. The van der Waals surface area contributed by atoms with E-state index >= 15 is 0 Å². The zero-order valence-electron chi connectivity index (χ0n) is 7.93. The SMILES string of the molecule is CC(=O)C1(CO)OC(=O)C(CO)OC1=O. The predicted molar refractivity (Wildman–Crippen MR) is 43.6 cm³/mol. The Kier molecular flexibility index (Phi) is 3.06. The van der Waals surface area contributed by atoms with Crippen molar-refractivity contribution < 1.29 is 34.1 Å². The van der Waals surface area contributed by atoms with Gasteiger partial charge in [-0.2, -0.15) is 0 Å². The number of ketones is 1. The molecule has 0 aromatic carbocycles. The summed E-state index contributed by atoms with van der Waals surface area (Å²) in [4.78, 5) is 33.5. The molecule has 0 aromatic rings. The van der Waals surface area contributed by atoms with Gasteiger partial charge in [-0.05, 0) is 6.92 Å². The molecule has 2 N–H and O–H groups in total. The van der Waals surface area contributed by atoms with E-state index in [0.29, 0.717) is 0 Å². The second-order valence-corrected chi connectivity index (χ2v) is 3.04. The topological polar surface area (TPSA) is 110 Å². The lowest BCUT2D eigenvalue weighted by Gasteiger charge is -2.33. The summed E-state index contributed by atoms with van der Waals surface area (Å²) in [5.74, 6) is -3.06. The van der Waals surface area contributed by atoms with Gasteiger partial charge in [0.05, 0.1) is 6.61 Å². The van der Waals surface area contributed by atoms with Crippen molar-refractivity contribution in [1.29, 1.82) is 0 Å². The highest BCUT2D eigenvalue weighted by molar-refractivity contribution is 6.10. The summed E-state index contributed by atoms with van der Waals surface area (Å²) < 4.78 is 9.00. The normalized spacial score (nSPS) is 30.7. The maximum absolute atomic E-state index is 11.3. The van der Waals surface area contributed by atoms with Crippen LogP contribution in [0.25, 0.3) is 0 Å². The third kappa shape index (κ3) is 1.71. The molecule has 0 amide bonds. The molecule has 0 bridgehead atoms. The van der Waals surface area contributed by atoms with Crippen LogP contribution in [-0.2, 0) is 23.9 Å². The van der Waals surface area contributed by atoms with Crippen LogP contribution in [-0.4, -0.2) is 52.9 Å². The standard InChI is InChI=1S/C8H10O7/c1-4(11)8(3-10)7(13)14-5(2-9)6(12)15-8/h5,9-10H,2-3H2,1H3. The fourth-order valence-corrected chi connectivity index (χ4v) is 1.09. The number of rotatable bonds is 3. The minimum absolute atomic E-state index is 0.732. The molecule has 0 aliphatic carbocycles. The van der Waals surface area contributed by atoms with Gasteiger partial charge in [-0.25, -0.2) is 9.59 Å². The van der Waals surface area contributed by atoms with Crippen LogP contribution in [0.15, 0.2) is 0 Å². The third-order valence-electron chi connectivity index (χ3n) is 2.07. The first-order valence-electron chi connectivity index (χ1n) is 4.14. The second kappa shape index (κ2) is 3.95. The van der Waals surface area contributed by atoms with E-state index in [1.54, 1.807) is 0 Å². The van der Waals surface area contributed by atoms with Crippen LogP contribution in [0.2, 0.25) is 0 Å². The van der Waals surface area contributed by atoms with Gasteiger partial charge in [-0.15, -0.1) is 0 Å². The minimum Gasteiger partial charge on any atom is -0.444 e. The van der Waals surface area contributed by atoms with Crippen LogP contribution in [0.3, 0.4) is 0 Å². The molecule has 1 aliphatic heterocycles. The number of hydrogen-bond acceptors (Lipinski definition) is 7. The van der Waals surface area contributed by atoms with Gasteiger partial charge in [0, 0.05) is 0 Å². The lowest BCUT2D eigenvalue weighted by Crippen LogP contribution is -2.60. The molecule has 0 radical (unpaired) electrons. The van der Waals surface area contributed by atoms with Gasteiger partial charge < -0.3 is 19.7 Å². The number of Topliss-reactive ketones (excluding diaryl/α,β-unsaturated/α-hetero) is 1.